The van der Waals surface area contributed by atoms with Gasteiger partial charge in [0.05, 0.1) is 5.56 Å². The van der Waals surface area contributed by atoms with Crippen molar-refractivity contribution in [3.63, 3.8) is 0 Å². The topological polar surface area (TPSA) is 45.2 Å². The number of piperidine rings is 1. The molecule has 108 valence electrons. The normalized spacial score (nSPS) is 24.1. The van der Waals surface area contributed by atoms with Gasteiger partial charge in [0.1, 0.15) is 0 Å². The zero-order chi connectivity index (χ0) is 13.9. The number of likely N-dealkylation sites (tertiary alicyclic amines) is 1. The van der Waals surface area contributed by atoms with Gasteiger partial charge in [-0.15, -0.1) is 0 Å². The molecule has 2 aliphatic rings. The highest BCUT2D eigenvalue weighted by molar-refractivity contribution is 5.95. The van der Waals surface area contributed by atoms with E-state index in [1.807, 2.05) is 24.0 Å². The fourth-order valence-electron chi connectivity index (χ4n) is 3.50. The fraction of sp³-hybridized carbons (Fsp3) is 0.625. The van der Waals surface area contributed by atoms with E-state index in [-0.39, 0.29) is 5.91 Å². The third kappa shape index (κ3) is 2.70. The summed E-state index contributed by atoms with van der Waals surface area (Å²) in [7, 11) is 0. The van der Waals surface area contributed by atoms with E-state index in [4.69, 9.17) is 0 Å². The van der Waals surface area contributed by atoms with Gasteiger partial charge in [0.15, 0.2) is 0 Å². The third-order valence-corrected chi connectivity index (χ3v) is 4.73. The number of carbonyl (C=O) groups excluding carboxylic acids is 1. The van der Waals surface area contributed by atoms with Crippen LogP contribution in [0.1, 0.15) is 41.7 Å². The molecule has 3 rings (SSSR count). The van der Waals surface area contributed by atoms with Gasteiger partial charge in [-0.2, -0.15) is 0 Å². The number of nitrogens with one attached hydrogen (secondary N) is 1. The number of pyridine rings is 1. The Balaban J connectivity index is 1.60. The van der Waals surface area contributed by atoms with Gasteiger partial charge >= 0.3 is 0 Å². The van der Waals surface area contributed by atoms with Crippen molar-refractivity contribution in [2.24, 2.45) is 5.92 Å². The van der Waals surface area contributed by atoms with Crippen LogP contribution in [0.5, 0.6) is 0 Å². The summed E-state index contributed by atoms with van der Waals surface area (Å²) in [6.45, 7) is 4.84. The molecule has 4 heteroatoms. The Morgan fingerprint density at radius 3 is 2.80 bits per heavy atom. The zero-order valence-electron chi connectivity index (χ0n) is 12.1. The third-order valence-electron chi connectivity index (χ3n) is 4.73. The van der Waals surface area contributed by atoms with Gasteiger partial charge in [-0.1, -0.05) is 0 Å². The quantitative estimate of drug-likeness (QED) is 0.896. The minimum Gasteiger partial charge on any atom is -0.339 e. The summed E-state index contributed by atoms with van der Waals surface area (Å²) in [6, 6.07) is 4.41. The van der Waals surface area contributed by atoms with Crippen LogP contribution >= 0.6 is 0 Å². The van der Waals surface area contributed by atoms with Crippen molar-refractivity contribution in [3.05, 3.63) is 29.6 Å². The van der Waals surface area contributed by atoms with Gasteiger partial charge in [0.25, 0.3) is 5.91 Å². The van der Waals surface area contributed by atoms with Gasteiger partial charge in [0.2, 0.25) is 0 Å². The lowest BCUT2D eigenvalue weighted by Crippen LogP contribution is -2.43. The van der Waals surface area contributed by atoms with Crippen molar-refractivity contribution in [2.45, 2.75) is 38.6 Å². The van der Waals surface area contributed by atoms with Crippen molar-refractivity contribution in [2.75, 3.05) is 19.6 Å². The number of hydrogen-bond donors (Lipinski definition) is 1. The average molecular weight is 273 g/mol. The Hall–Kier alpha value is -1.42. The minimum atomic E-state index is 0.147. The van der Waals surface area contributed by atoms with Crippen LogP contribution in [-0.4, -0.2) is 41.5 Å². The summed E-state index contributed by atoms with van der Waals surface area (Å²) in [5.41, 5.74) is 1.59. The molecule has 0 radical (unpaired) electrons. The van der Waals surface area contributed by atoms with E-state index in [1.54, 1.807) is 6.20 Å². The van der Waals surface area contributed by atoms with E-state index >= 15 is 0 Å². The molecule has 0 aliphatic carbocycles. The first-order chi connectivity index (χ1) is 9.75. The maximum absolute atomic E-state index is 12.5. The largest absolute Gasteiger partial charge is 0.339 e. The molecule has 20 heavy (non-hydrogen) atoms. The van der Waals surface area contributed by atoms with Crippen LogP contribution in [0.15, 0.2) is 18.3 Å². The minimum absolute atomic E-state index is 0.147. The fourth-order valence-corrected chi connectivity index (χ4v) is 3.50. The van der Waals surface area contributed by atoms with Crippen molar-refractivity contribution < 1.29 is 4.79 Å². The first-order valence-electron chi connectivity index (χ1n) is 7.70. The van der Waals surface area contributed by atoms with Crippen LogP contribution in [0.2, 0.25) is 0 Å². The Kier molecular flexibility index (Phi) is 4.01. The summed E-state index contributed by atoms with van der Waals surface area (Å²) in [5, 5.41) is 3.60. The molecule has 1 amide bonds. The van der Waals surface area contributed by atoms with Crippen molar-refractivity contribution in [1.82, 2.24) is 15.2 Å². The number of nitrogens with zero attached hydrogens (tertiary/aromatic N) is 2. The molecule has 1 atom stereocenters. The standard InChI is InChI=1S/C16H23N3O/c1-12-14(4-2-8-17-12)16(20)19-10-6-13(7-11-19)15-5-3-9-18-15/h2,4,8,13,15,18H,3,5-7,9-11H2,1H3. The van der Waals surface area contributed by atoms with Crippen molar-refractivity contribution in [1.29, 1.82) is 0 Å². The van der Waals surface area contributed by atoms with E-state index in [0.29, 0.717) is 6.04 Å². The summed E-state index contributed by atoms with van der Waals surface area (Å²) < 4.78 is 0. The van der Waals surface area contributed by atoms with E-state index in [1.165, 1.54) is 19.4 Å². The average Bonchev–Trinajstić information content (AvgIpc) is 3.01. The van der Waals surface area contributed by atoms with Crippen molar-refractivity contribution >= 4 is 5.91 Å². The number of amides is 1. The molecule has 0 saturated carbocycles. The van der Waals surface area contributed by atoms with Crippen LogP contribution < -0.4 is 5.32 Å². The van der Waals surface area contributed by atoms with Gasteiger partial charge < -0.3 is 10.2 Å². The number of aromatic nitrogens is 1. The van der Waals surface area contributed by atoms with Crippen LogP contribution in [0.3, 0.4) is 0 Å². The maximum Gasteiger partial charge on any atom is 0.255 e. The van der Waals surface area contributed by atoms with E-state index in [9.17, 15) is 4.79 Å². The molecule has 3 heterocycles. The second-order valence-electron chi connectivity index (χ2n) is 5.97. The van der Waals surface area contributed by atoms with Crippen LogP contribution in [0, 0.1) is 12.8 Å². The highest BCUT2D eigenvalue weighted by atomic mass is 16.2. The zero-order valence-corrected chi connectivity index (χ0v) is 12.1. The molecule has 2 aliphatic heterocycles. The van der Waals surface area contributed by atoms with E-state index < -0.39 is 0 Å². The number of rotatable bonds is 2. The molecule has 1 aromatic rings. The summed E-state index contributed by atoms with van der Waals surface area (Å²) >= 11 is 0. The molecular weight excluding hydrogens is 250 g/mol. The SMILES string of the molecule is Cc1ncccc1C(=O)N1CCC(C2CCCN2)CC1. The molecule has 1 unspecified atom stereocenters. The molecule has 1 aromatic heterocycles. The van der Waals surface area contributed by atoms with Gasteiger partial charge in [0, 0.05) is 31.0 Å². The molecular formula is C16H23N3O. The van der Waals surface area contributed by atoms with Crippen LogP contribution in [0.25, 0.3) is 0 Å². The van der Waals surface area contributed by atoms with Gasteiger partial charge in [-0.25, -0.2) is 0 Å². The van der Waals surface area contributed by atoms with E-state index in [0.717, 1.165) is 43.1 Å². The van der Waals surface area contributed by atoms with Crippen LogP contribution in [0.4, 0.5) is 0 Å². The molecule has 4 nitrogen and oxygen atoms in total. The molecule has 0 spiro atoms. The number of carbonyl (C=O) groups is 1. The smallest absolute Gasteiger partial charge is 0.255 e. The number of aryl methyl sites for hydroxylation is 1. The summed E-state index contributed by atoms with van der Waals surface area (Å²) in [5.74, 6) is 0.893. The summed E-state index contributed by atoms with van der Waals surface area (Å²) in [4.78, 5) is 18.7. The monoisotopic (exact) mass is 273 g/mol. The predicted molar refractivity (Wildman–Crippen MR) is 78.6 cm³/mol. The maximum atomic E-state index is 12.5. The first kappa shape index (κ1) is 13.6. The van der Waals surface area contributed by atoms with Gasteiger partial charge in [-0.05, 0) is 57.2 Å². The lowest BCUT2D eigenvalue weighted by molar-refractivity contribution is 0.0673. The lowest BCUT2D eigenvalue weighted by atomic mass is 9.88. The highest BCUT2D eigenvalue weighted by Crippen LogP contribution is 2.26. The van der Waals surface area contributed by atoms with Gasteiger partial charge in [-0.3, -0.25) is 9.78 Å². The predicted octanol–water partition coefficient (Wildman–Crippen LogP) is 1.99. The Bertz CT molecular complexity index is 474. The molecule has 0 bridgehead atoms. The first-order valence-corrected chi connectivity index (χ1v) is 7.70. The van der Waals surface area contributed by atoms with Crippen molar-refractivity contribution in [3.8, 4) is 0 Å². The van der Waals surface area contributed by atoms with Crippen LogP contribution in [-0.2, 0) is 0 Å². The number of hydrogen-bond acceptors (Lipinski definition) is 3. The Morgan fingerprint density at radius 2 is 2.15 bits per heavy atom. The highest BCUT2D eigenvalue weighted by Gasteiger charge is 2.30. The second kappa shape index (κ2) is 5.92. The van der Waals surface area contributed by atoms with E-state index in [2.05, 4.69) is 10.3 Å². The molecule has 1 N–H and O–H groups in total. The summed E-state index contributed by atoms with van der Waals surface area (Å²) in [6.07, 6.45) is 6.61. The molecule has 2 fully saturated rings. The second-order valence-corrected chi connectivity index (χ2v) is 5.97. The molecule has 0 aromatic carbocycles. The Morgan fingerprint density at radius 1 is 1.35 bits per heavy atom. The lowest BCUT2D eigenvalue weighted by Gasteiger charge is -2.35. The molecule has 2 saturated heterocycles. The Labute approximate surface area is 120 Å².